The number of nitrogens with zero attached hydrogens (tertiary/aromatic N) is 1. The summed E-state index contributed by atoms with van der Waals surface area (Å²) in [7, 11) is 0. The van der Waals surface area contributed by atoms with Crippen molar-refractivity contribution in [2.45, 2.75) is 26.2 Å². The zero-order valence-corrected chi connectivity index (χ0v) is 15.8. The molecule has 2 heteroatoms. The summed E-state index contributed by atoms with van der Waals surface area (Å²) in [6.45, 7) is 6.74. The van der Waals surface area contributed by atoms with Gasteiger partial charge >= 0.3 is 0 Å². The highest BCUT2D eigenvalue weighted by Gasteiger charge is 2.16. The monoisotopic (exact) mass is 351 g/mol. The van der Waals surface area contributed by atoms with Crippen molar-refractivity contribution in [2.24, 2.45) is 0 Å². The lowest BCUT2D eigenvalue weighted by molar-refractivity contribution is 0.591. The molecule has 0 N–H and O–H groups in total. The molecule has 0 bridgehead atoms. The molecule has 27 heavy (non-hydrogen) atoms. The second-order valence-corrected chi connectivity index (χ2v) is 8.15. The molecule has 4 aromatic carbocycles. The van der Waals surface area contributed by atoms with E-state index in [2.05, 4.69) is 57.2 Å². The van der Waals surface area contributed by atoms with Crippen LogP contribution in [-0.4, -0.2) is 4.98 Å². The first-order valence-corrected chi connectivity index (χ1v) is 9.33. The quantitative estimate of drug-likeness (QED) is 0.301. The minimum atomic E-state index is 0.127. The lowest BCUT2D eigenvalue weighted by Crippen LogP contribution is -2.10. The summed E-state index contributed by atoms with van der Waals surface area (Å²) in [4.78, 5) is 4.73. The Balaban J connectivity index is 1.83. The summed E-state index contributed by atoms with van der Waals surface area (Å²) in [5.41, 5.74) is 4.22. The van der Waals surface area contributed by atoms with E-state index in [1.807, 2.05) is 36.4 Å². The van der Waals surface area contributed by atoms with Gasteiger partial charge in [0.15, 0.2) is 5.58 Å². The summed E-state index contributed by atoms with van der Waals surface area (Å²) in [5.74, 6) is 0.668. The fraction of sp³-hybridized carbons (Fsp3) is 0.160. The van der Waals surface area contributed by atoms with E-state index in [9.17, 15) is 0 Å². The fourth-order valence-corrected chi connectivity index (χ4v) is 3.70. The molecule has 0 aliphatic heterocycles. The molecule has 0 saturated heterocycles. The predicted molar refractivity (Wildman–Crippen MR) is 113 cm³/mol. The Morgan fingerprint density at radius 1 is 0.778 bits per heavy atom. The maximum atomic E-state index is 6.26. The zero-order chi connectivity index (χ0) is 18.6. The molecule has 5 rings (SSSR count). The van der Waals surface area contributed by atoms with Crippen molar-refractivity contribution >= 4 is 32.6 Å². The van der Waals surface area contributed by atoms with Crippen LogP contribution >= 0.6 is 0 Å². The topological polar surface area (TPSA) is 26.0 Å². The Hall–Kier alpha value is -3.13. The van der Waals surface area contributed by atoms with Crippen molar-refractivity contribution in [3.63, 3.8) is 0 Å². The average Bonchev–Trinajstić information content (AvgIpc) is 3.11. The maximum Gasteiger partial charge on any atom is 0.227 e. The molecule has 0 amide bonds. The maximum absolute atomic E-state index is 6.26. The van der Waals surface area contributed by atoms with Crippen LogP contribution in [0, 0.1) is 0 Å². The molecule has 0 saturated carbocycles. The molecule has 0 atom stereocenters. The van der Waals surface area contributed by atoms with E-state index in [1.54, 1.807) is 0 Å². The summed E-state index contributed by atoms with van der Waals surface area (Å²) in [6.07, 6.45) is 0. The third-order valence-electron chi connectivity index (χ3n) is 5.24. The molecular weight excluding hydrogens is 330 g/mol. The standard InChI is InChI=1S/C25H21NO/c1-25(2,3)19-12-13-20-18(15-19)10-9-16-11-14-21-23(22(16)20)27-24(26-21)17-7-5-4-6-8-17/h4-15H,1-3H3. The second kappa shape index (κ2) is 5.68. The van der Waals surface area contributed by atoms with Crippen LogP contribution in [0.15, 0.2) is 77.2 Å². The summed E-state index contributed by atoms with van der Waals surface area (Å²) in [6, 6.07) is 25.4. The molecule has 0 spiro atoms. The molecule has 1 aromatic heterocycles. The molecule has 0 fully saturated rings. The lowest BCUT2D eigenvalue weighted by Gasteiger charge is -2.19. The number of oxazole rings is 1. The van der Waals surface area contributed by atoms with Gasteiger partial charge in [0.05, 0.1) is 0 Å². The highest BCUT2D eigenvalue weighted by molar-refractivity contribution is 6.18. The van der Waals surface area contributed by atoms with Crippen LogP contribution in [0.3, 0.4) is 0 Å². The Labute approximate surface area is 158 Å². The van der Waals surface area contributed by atoms with Crippen molar-refractivity contribution < 1.29 is 4.42 Å². The largest absolute Gasteiger partial charge is 0.435 e. The Morgan fingerprint density at radius 3 is 2.30 bits per heavy atom. The van der Waals surface area contributed by atoms with E-state index in [4.69, 9.17) is 9.40 Å². The van der Waals surface area contributed by atoms with Gasteiger partial charge in [-0.15, -0.1) is 0 Å². The molecule has 0 aliphatic rings. The molecule has 0 aliphatic carbocycles. The van der Waals surface area contributed by atoms with Crippen molar-refractivity contribution in [1.82, 2.24) is 4.98 Å². The van der Waals surface area contributed by atoms with Gasteiger partial charge in [-0.1, -0.05) is 75.4 Å². The summed E-state index contributed by atoms with van der Waals surface area (Å²) >= 11 is 0. The van der Waals surface area contributed by atoms with Gasteiger partial charge in [0, 0.05) is 10.9 Å². The van der Waals surface area contributed by atoms with Crippen LogP contribution in [0.2, 0.25) is 0 Å². The molecule has 0 unspecified atom stereocenters. The molecular formula is C25H21NO. The summed E-state index contributed by atoms with van der Waals surface area (Å²) < 4.78 is 6.26. The van der Waals surface area contributed by atoms with E-state index in [0.29, 0.717) is 5.89 Å². The normalized spacial score (nSPS) is 12.3. The molecule has 2 nitrogen and oxygen atoms in total. The van der Waals surface area contributed by atoms with Gasteiger partial charge in [-0.2, -0.15) is 0 Å². The number of hydrogen-bond donors (Lipinski definition) is 0. The Bertz CT molecular complexity index is 1290. The predicted octanol–water partition coefficient (Wildman–Crippen LogP) is 7.10. The first-order chi connectivity index (χ1) is 13.0. The third kappa shape index (κ3) is 2.60. The van der Waals surface area contributed by atoms with Crippen LogP contribution in [0.1, 0.15) is 26.3 Å². The number of rotatable bonds is 1. The van der Waals surface area contributed by atoms with E-state index >= 15 is 0 Å². The first kappa shape index (κ1) is 16.1. The van der Waals surface area contributed by atoms with E-state index in [1.165, 1.54) is 21.7 Å². The minimum Gasteiger partial charge on any atom is -0.435 e. The molecule has 132 valence electrons. The van der Waals surface area contributed by atoms with Gasteiger partial charge in [-0.3, -0.25) is 0 Å². The van der Waals surface area contributed by atoms with Gasteiger partial charge in [-0.25, -0.2) is 4.98 Å². The lowest BCUT2D eigenvalue weighted by atomic mass is 9.85. The number of fused-ring (bicyclic) bond motifs is 5. The van der Waals surface area contributed by atoms with Gasteiger partial charge in [-0.05, 0) is 45.3 Å². The average molecular weight is 351 g/mol. The van der Waals surface area contributed by atoms with Crippen molar-refractivity contribution in [3.05, 3.63) is 78.4 Å². The number of benzene rings is 4. The van der Waals surface area contributed by atoms with Crippen LogP contribution < -0.4 is 0 Å². The van der Waals surface area contributed by atoms with E-state index in [0.717, 1.165) is 22.0 Å². The zero-order valence-electron chi connectivity index (χ0n) is 15.8. The Kier molecular flexibility index (Phi) is 3.38. The van der Waals surface area contributed by atoms with E-state index < -0.39 is 0 Å². The van der Waals surface area contributed by atoms with Gasteiger partial charge < -0.3 is 4.42 Å². The fourth-order valence-electron chi connectivity index (χ4n) is 3.70. The van der Waals surface area contributed by atoms with Crippen LogP contribution in [0.5, 0.6) is 0 Å². The first-order valence-electron chi connectivity index (χ1n) is 9.33. The second-order valence-electron chi connectivity index (χ2n) is 8.15. The van der Waals surface area contributed by atoms with Gasteiger partial charge in [0.2, 0.25) is 5.89 Å². The highest BCUT2D eigenvalue weighted by atomic mass is 16.3. The van der Waals surface area contributed by atoms with Crippen LogP contribution in [-0.2, 0) is 5.41 Å². The van der Waals surface area contributed by atoms with Crippen LogP contribution in [0.4, 0.5) is 0 Å². The van der Waals surface area contributed by atoms with Crippen molar-refractivity contribution in [2.75, 3.05) is 0 Å². The van der Waals surface area contributed by atoms with Gasteiger partial charge in [0.25, 0.3) is 0 Å². The smallest absolute Gasteiger partial charge is 0.227 e. The SMILES string of the molecule is CC(C)(C)c1ccc2c(ccc3ccc4nc(-c5ccccc5)oc4c32)c1. The van der Waals surface area contributed by atoms with Crippen molar-refractivity contribution in [3.8, 4) is 11.5 Å². The van der Waals surface area contributed by atoms with Crippen LogP contribution in [0.25, 0.3) is 44.1 Å². The van der Waals surface area contributed by atoms with Crippen molar-refractivity contribution in [1.29, 1.82) is 0 Å². The number of hydrogen-bond acceptors (Lipinski definition) is 2. The molecule has 5 aromatic rings. The molecule has 1 heterocycles. The van der Waals surface area contributed by atoms with E-state index in [-0.39, 0.29) is 5.41 Å². The Morgan fingerprint density at radius 2 is 1.52 bits per heavy atom. The third-order valence-corrected chi connectivity index (χ3v) is 5.24. The summed E-state index contributed by atoms with van der Waals surface area (Å²) in [5, 5.41) is 4.76. The minimum absolute atomic E-state index is 0.127. The van der Waals surface area contributed by atoms with Gasteiger partial charge in [0.1, 0.15) is 5.52 Å². The highest BCUT2D eigenvalue weighted by Crippen LogP contribution is 2.36. The number of aromatic nitrogens is 1. The molecule has 0 radical (unpaired) electrons.